The van der Waals surface area contributed by atoms with E-state index in [2.05, 4.69) is 128 Å². The van der Waals surface area contributed by atoms with Crippen molar-refractivity contribution in [2.75, 3.05) is 0 Å². The maximum absolute atomic E-state index is 10.2. The van der Waals surface area contributed by atoms with E-state index in [1.165, 1.54) is 58.4 Å². The fourth-order valence-corrected chi connectivity index (χ4v) is 3.59. The van der Waals surface area contributed by atoms with Crippen LogP contribution in [0.2, 0.25) is 0 Å². The Balaban J connectivity index is -0.000000166. The first-order valence-corrected chi connectivity index (χ1v) is 15.3. The molecule has 2 nitrogen and oxygen atoms in total. The number of carboxylic acid groups (broad SMARTS) is 1. The molecule has 5 rings (SSSR count). The van der Waals surface area contributed by atoms with Crippen LogP contribution in [0.15, 0.2) is 121 Å². The van der Waals surface area contributed by atoms with Gasteiger partial charge in [0.15, 0.2) is 0 Å². The third-order valence-electron chi connectivity index (χ3n) is 6.58. The summed E-state index contributed by atoms with van der Waals surface area (Å²) in [5, 5.41) is 10.2. The molecule has 0 aliphatic heterocycles. The zero-order valence-electron chi connectivity index (χ0n) is 32.2. The Labute approximate surface area is 393 Å². The summed E-state index contributed by atoms with van der Waals surface area (Å²) in [4.78, 5) is 10.2. The van der Waals surface area contributed by atoms with E-state index in [-0.39, 0.29) is 130 Å². The fraction of sp³-hybridized carbons (Fsp3) is 0.209. The Kier molecular flexibility index (Phi) is 41.2. The summed E-state index contributed by atoms with van der Waals surface area (Å²) in [6.07, 6.45) is 3.40. The van der Waals surface area contributed by atoms with Gasteiger partial charge in [-0.05, 0) is 59.1 Å². The molecule has 0 amide bonds. The zero-order valence-corrected chi connectivity index (χ0v) is 37.5. The van der Waals surface area contributed by atoms with Crippen molar-refractivity contribution in [3.05, 3.63) is 198 Å². The average Bonchev–Trinajstić information content (AvgIpc) is 3.03. The minimum Gasteiger partial charge on any atom is -1.00 e. The molecule has 0 bridgehead atoms. The van der Waals surface area contributed by atoms with Crippen LogP contribution in [0.4, 0.5) is 0 Å². The summed E-state index contributed by atoms with van der Waals surface area (Å²) in [5.74, 6) is -1.12. The van der Waals surface area contributed by atoms with Gasteiger partial charge in [-0.3, -0.25) is 0 Å². The van der Waals surface area contributed by atoms with Crippen molar-refractivity contribution in [2.45, 2.75) is 60.8 Å². The molecule has 0 fully saturated rings. The van der Waals surface area contributed by atoms with E-state index < -0.39 is 5.97 Å². The van der Waals surface area contributed by atoms with Gasteiger partial charge in [-0.2, -0.15) is 55.7 Å². The van der Waals surface area contributed by atoms with Crippen LogP contribution in [0.25, 0.3) is 0 Å². The first-order chi connectivity index (χ1) is 21.4. The van der Waals surface area contributed by atoms with E-state index in [1.54, 1.807) is 12.1 Å². The molecule has 0 N–H and O–H groups in total. The average molecular weight is 712 g/mol. The summed E-state index contributed by atoms with van der Waals surface area (Å²) < 4.78 is 0. The second-order valence-corrected chi connectivity index (χ2v) is 11.2. The topological polar surface area (TPSA) is 40.1 Å². The molecule has 5 aromatic rings. The maximum Gasteiger partial charge on any atom is 2.00 e. The summed E-state index contributed by atoms with van der Waals surface area (Å²) in [6.45, 7) is 23.7. The predicted octanol–water partition coefficient (Wildman–Crippen LogP) is -2.20. The Morgan fingerprint density at radius 1 is 0.520 bits per heavy atom. The van der Waals surface area contributed by atoms with E-state index in [0.717, 1.165) is 23.1 Å². The van der Waals surface area contributed by atoms with E-state index in [4.69, 9.17) is 0 Å². The molecule has 0 heterocycles. The molecule has 0 saturated heterocycles. The quantitative estimate of drug-likeness (QED) is 0.157. The van der Waals surface area contributed by atoms with Crippen LogP contribution in [0.5, 0.6) is 0 Å². The van der Waals surface area contributed by atoms with E-state index >= 15 is 0 Å². The molecule has 246 valence electrons. The first kappa shape index (κ1) is 58.5. The minimum absolute atomic E-state index is 0. The molecular formula is C43H50ClKLi2MgO2. The standard InChI is InChI=1S/C11H15.C8H8O2.C8H10.2C8H9.ClH.K.2Li.Mg/c1-3-4-5-11-8-6-10(2)7-9-11;1-6-2-4-7(5-3-6)8(9)10;3*1-7-3-5-8(2)6-4-7;;;;;/h6-9H,1,3-5H2,2H3;2-5H,1H3,(H,9,10);3-6H,1-2H3;2*3-6H,1H2,2H3;1H;;;;/q-1;;;2*-1;;3*+1;+2/p-2. The third kappa shape index (κ3) is 30.8. The van der Waals surface area contributed by atoms with Gasteiger partial charge in [-0.25, -0.2) is 0 Å². The molecular weight excluding hydrogens is 661 g/mol. The van der Waals surface area contributed by atoms with Crippen LogP contribution in [0.3, 0.4) is 0 Å². The summed E-state index contributed by atoms with van der Waals surface area (Å²) in [7, 11) is 0. The van der Waals surface area contributed by atoms with Crippen molar-refractivity contribution in [3.8, 4) is 0 Å². The van der Waals surface area contributed by atoms with Crippen molar-refractivity contribution in [2.24, 2.45) is 0 Å². The van der Waals surface area contributed by atoms with Crippen molar-refractivity contribution < 1.29 is 111 Å². The number of carbonyl (C=O) groups excluding carboxylic acids is 1. The molecule has 0 unspecified atom stereocenters. The monoisotopic (exact) mass is 710 g/mol. The fourth-order valence-electron chi connectivity index (χ4n) is 3.59. The second kappa shape index (κ2) is 35.2. The molecule has 0 radical (unpaired) electrons. The number of benzene rings is 5. The van der Waals surface area contributed by atoms with Crippen molar-refractivity contribution in [3.63, 3.8) is 0 Å². The van der Waals surface area contributed by atoms with Crippen LogP contribution in [-0.4, -0.2) is 29.0 Å². The van der Waals surface area contributed by atoms with Crippen molar-refractivity contribution in [1.29, 1.82) is 0 Å². The van der Waals surface area contributed by atoms with Gasteiger partial charge in [-0.1, -0.05) is 113 Å². The van der Waals surface area contributed by atoms with Crippen molar-refractivity contribution in [1.82, 2.24) is 0 Å². The van der Waals surface area contributed by atoms with Crippen LogP contribution >= 0.6 is 0 Å². The minimum atomic E-state index is -1.12. The molecule has 50 heavy (non-hydrogen) atoms. The van der Waals surface area contributed by atoms with Gasteiger partial charge in [0.1, 0.15) is 0 Å². The smallest absolute Gasteiger partial charge is 1.00 e. The number of unbranched alkanes of at least 4 members (excludes halogenated alkanes) is 1. The number of carboxylic acids is 1. The number of rotatable bonds is 4. The summed E-state index contributed by atoms with van der Waals surface area (Å²) in [5.41, 5.74) is 11.4. The Hall–Kier alpha value is -0.803. The van der Waals surface area contributed by atoms with Gasteiger partial charge in [-0.15, -0.1) is 24.3 Å². The first-order valence-electron chi connectivity index (χ1n) is 15.3. The largest absolute Gasteiger partial charge is 2.00 e. The van der Waals surface area contributed by atoms with Gasteiger partial charge in [0.05, 0.1) is 5.97 Å². The zero-order chi connectivity index (χ0) is 33.6. The van der Waals surface area contributed by atoms with Crippen LogP contribution in [0, 0.1) is 62.3 Å². The van der Waals surface area contributed by atoms with E-state index in [0.29, 0.717) is 0 Å². The number of hydrogen-bond donors (Lipinski definition) is 0. The summed E-state index contributed by atoms with van der Waals surface area (Å²) in [6, 6.07) is 40.0. The number of halogens is 1. The molecule has 5 aromatic carbocycles. The molecule has 0 aliphatic carbocycles. The van der Waals surface area contributed by atoms with Crippen LogP contribution < -0.4 is 107 Å². The van der Waals surface area contributed by atoms with Crippen molar-refractivity contribution >= 4 is 29.0 Å². The van der Waals surface area contributed by atoms with Crippen LogP contribution in [-0.2, 0) is 6.42 Å². The van der Waals surface area contributed by atoms with Gasteiger partial charge < -0.3 is 29.2 Å². The molecule has 0 saturated carbocycles. The molecule has 0 spiro atoms. The molecule has 7 heteroatoms. The maximum atomic E-state index is 10.2. The number of hydrogen-bond acceptors (Lipinski definition) is 2. The van der Waals surface area contributed by atoms with E-state index in [9.17, 15) is 9.90 Å². The Bertz CT molecular complexity index is 1330. The van der Waals surface area contributed by atoms with Gasteiger partial charge in [0, 0.05) is 0 Å². The van der Waals surface area contributed by atoms with Crippen LogP contribution in [0.1, 0.15) is 73.3 Å². The Morgan fingerprint density at radius 3 is 1.00 bits per heavy atom. The molecule has 0 atom stereocenters. The number of aryl methyl sites for hydroxylation is 7. The summed E-state index contributed by atoms with van der Waals surface area (Å²) >= 11 is 0. The Morgan fingerprint density at radius 2 is 0.760 bits per heavy atom. The van der Waals surface area contributed by atoms with Gasteiger partial charge >= 0.3 is 112 Å². The predicted molar refractivity (Wildman–Crippen MR) is 198 cm³/mol. The SMILES string of the molecule is Cc1ccc(C(=O)[O-])cc1.Cc1ccc(C)cc1.[CH2-]CCCc1ccc(C)cc1.[CH2-]c1ccc(C)cc1.[CH2-]c1ccc(C)cc1.[Cl-].[K+].[Li+].[Li+].[Mg+2]. The number of aromatic carboxylic acids is 1. The molecule has 0 aliphatic rings. The van der Waals surface area contributed by atoms with E-state index in [1.807, 2.05) is 31.2 Å². The third-order valence-corrected chi connectivity index (χ3v) is 6.58. The number of carbonyl (C=O) groups is 1. The van der Waals surface area contributed by atoms with Gasteiger partial charge in [0.2, 0.25) is 0 Å². The second-order valence-electron chi connectivity index (χ2n) is 11.2. The normalized spacial score (nSPS) is 8.46. The molecule has 0 aromatic heterocycles. The van der Waals surface area contributed by atoms with Gasteiger partial charge in [0.25, 0.3) is 0 Å².